The van der Waals surface area contributed by atoms with Crippen LogP contribution >= 0.6 is 0 Å². The summed E-state index contributed by atoms with van der Waals surface area (Å²) in [5, 5.41) is 19.2. The van der Waals surface area contributed by atoms with E-state index in [1.54, 1.807) is 0 Å². The van der Waals surface area contributed by atoms with E-state index in [2.05, 4.69) is 0 Å². The van der Waals surface area contributed by atoms with E-state index in [1.807, 2.05) is 0 Å². The highest BCUT2D eigenvalue weighted by molar-refractivity contribution is 5.82. The fourth-order valence-electron chi connectivity index (χ4n) is 1.66. The third-order valence-corrected chi connectivity index (χ3v) is 2.61. The summed E-state index contributed by atoms with van der Waals surface area (Å²) in [6.45, 7) is 0.00551. The second kappa shape index (κ2) is 4.63. The van der Waals surface area contributed by atoms with Gasteiger partial charge in [-0.2, -0.15) is 0 Å². The Kier molecular flexibility index (Phi) is 3.17. The molecule has 1 aromatic rings. The summed E-state index contributed by atoms with van der Waals surface area (Å²) < 4.78 is 10.1. The average Bonchev–Trinajstić information content (AvgIpc) is 2.82. The van der Waals surface area contributed by atoms with Crippen molar-refractivity contribution in [1.82, 2.24) is 0 Å². The van der Waals surface area contributed by atoms with Gasteiger partial charge >= 0.3 is 0 Å². The molecule has 1 heterocycles. The molecule has 1 aromatic carbocycles. The Morgan fingerprint density at radius 1 is 1.33 bits per heavy atom. The minimum Gasteiger partial charge on any atom is -0.454 e. The molecule has 18 heavy (non-hydrogen) atoms. The van der Waals surface area contributed by atoms with Gasteiger partial charge in [-0.25, -0.2) is 0 Å². The maximum absolute atomic E-state index is 10.9. The van der Waals surface area contributed by atoms with Gasteiger partial charge in [0.1, 0.15) is 6.10 Å². The highest BCUT2D eigenvalue weighted by Gasteiger charge is 2.28. The molecule has 1 aliphatic rings. The highest BCUT2D eigenvalue weighted by Crippen LogP contribution is 2.36. The lowest BCUT2D eigenvalue weighted by atomic mass is 9.98. The number of carbonyl (C=O) groups is 2. The van der Waals surface area contributed by atoms with E-state index in [4.69, 9.17) is 15.2 Å². The van der Waals surface area contributed by atoms with E-state index in [-0.39, 0.29) is 17.9 Å². The van der Waals surface area contributed by atoms with Crippen LogP contribution in [0, 0.1) is 0 Å². The van der Waals surface area contributed by atoms with E-state index >= 15 is 0 Å². The molecule has 0 spiro atoms. The Bertz CT molecular complexity index is 501. The third kappa shape index (κ3) is 2.01. The molecular weight excluding hydrogens is 242 g/mol. The lowest BCUT2D eigenvalue weighted by molar-refractivity contribution is -0.132. The number of ether oxygens (including phenoxy) is 2. The molecule has 2 atom stereocenters. The number of hydrogen-bond acceptors (Lipinski definition) is 6. The first kappa shape index (κ1) is 12.3. The SMILES string of the molecule is NC(=O)C(O)C(O)c1cc2c(cc1C=O)OCO2. The second-order valence-corrected chi connectivity index (χ2v) is 3.74. The largest absolute Gasteiger partial charge is 0.454 e. The number of primary amides is 1. The van der Waals surface area contributed by atoms with Crippen LogP contribution in [0.5, 0.6) is 11.5 Å². The van der Waals surface area contributed by atoms with Gasteiger partial charge in [0.25, 0.3) is 0 Å². The molecule has 4 N–H and O–H groups in total. The van der Waals surface area contributed by atoms with Crippen LogP contribution in [-0.4, -0.2) is 35.3 Å². The molecule has 2 rings (SSSR count). The van der Waals surface area contributed by atoms with Gasteiger partial charge in [0.15, 0.2) is 23.9 Å². The van der Waals surface area contributed by atoms with Gasteiger partial charge in [0, 0.05) is 5.56 Å². The predicted octanol–water partition coefficient (Wildman–Crippen LogP) is -0.893. The minimum absolute atomic E-state index is 0.00551. The van der Waals surface area contributed by atoms with Gasteiger partial charge in [0.05, 0.1) is 0 Å². The number of nitrogens with two attached hydrogens (primary N) is 1. The minimum atomic E-state index is -1.80. The number of carbonyl (C=O) groups excluding carboxylic acids is 2. The van der Waals surface area contributed by atoms with Crippen LogP contribution in [-0.2, 0) is 4.79 Å². The summed E-state index contributed by atoms with van der Waals surface area (Å²) in [4.78, 5) is 21.7. The Labute approximate surface area is 102 Å². The average molecular weight is 253 g/mol. The zero-order valence-electron chi connectivity index (χ0n) is 9.20. The van der Waals surface area contributed by atoms with Crippen molar-refractivity contribution in [2.75, 3.05) is 6.79 Å². The standard InChI is InChI=1S/C11H11NO6/c12-11(16)10(15)9(14)6-2-8-7(17-4-18-8)1-5(6)3-13/h1-3,9-10,14-15H,4H2,(H2,12,16). The number of fused-ring (bicyclic) bond motifs is 1. The molecule has 96 valence electrons. The molecule has 0 fully saturated rings. The number of hydrogen-bond donors (Lipinski definition) is 3. The van der Waals surface area contributed by atoms with Crippen LogP contribution in [0.1, 0.15) is 22.0 Å². The summed E-state index contributed by atoms with van der Waals surface area (Å²) in [7, 11) is 0. The van der Waals surface area contributed by atoms with E-state index in [9.17, 15) is 19.8 Å². The topological polar surface area (TPSA) is 119 Å². The van der Waals surface area contributed by atoms with Crippen molar-refractivity contribution in [2.24, 2.45) is 5.73 Å². The number of amides is 1. The van der Waals surface area contributed by atoms with Gasteiger partial charge in [-0.1, -0.05) is 0 Å². The Hall–Kier alpha value is -2.12. The van der Waals surface area contributed by atoms with Gasteiger partial charge in [-0.15, -0.1) is 0 Å². The first-order valence-electron chi connectivity index (χ1n) is 5.08. The summed E-state index contributed by atoms with van der Waals surface area (Å²) >= 11 is 0. The van der Waals surface area contributed by atoms with Crippen LogP contribution in [0.25, 0.3) is 0 Å². The molecule has 0 aromatic heterocycles. The predicted molar refractivity (Wildman–Crippen MR) is 58.1 cm³/mol. The third-order valence-electron chi connectivity index (χ3n) is 2.61. The highest BCUT2D eigenvalue weighted by atomic mass is 16.7. The molecule has 0 radical (unpaired) electrons. The van der Waals surface area contributed by atoms with E-state index < -0.39 is 18.1 Å². The van der Waals surface area contributed by atoms with Gasteiger partial charge in [0.2, 0.25) is 12.7 Å². The molecule has 0 bridgehead atoms. The van der Waals surface area contributed by atoms with Crippen molar-refractivity contribution in [1.29, 1.82) is 0 Å². The van der Waals surface area contributed by atoms with Crippen molar-refractivity contribution < 1.29 is 29.3 Å². The van der Waals surface area contributed by atoms with Crippen LogP contribution in [0.15, 0.2) is 12.1 Å². The van der Waals surface area contributed by atoms with Gasteiger partial charge in [-0.3, -0.25) is 9.59 Å². The molecule has 7 heteroatoms. The lowest BCUT2D eigenvalue weighted by Crippen LogP contribution is -2.34. The van der Waals surface area contributed by atoms with Crippen LogP contribution in [0.2, 0.25) is 0 Å². The molecule has 2 unspecified atom stereocenters. The van der Waals surface area contributed by atoms with Crippen molar-refractivity contribution in [3.8, 4) is 11.5 Å². The fourth-order valence-corrected chi connectivity index (χ4v) is 1.66. The fraction of sp³-hybridized carbons (Fsp3) is 0.273. The quantitative estimate of drug-likeness (QED) is 0.599. The van der Waals surface area contributed by atoms with Crippen LogP contribution in [0.4, 0.5) is 0 Å². The monoisotopic (exact) mass is 253 g/mol. The van der Waals surface area contributed by atoms with Crippen molar-refractivity contribution in [2.45, 2.75) is 12.2 Å². The van der Waals surface area contributed by atoms with E-state index in [1.165, 1.54) is 12.1 Å². The maximum Gasteiger partial charge on any atom is 0.249 e. The molecule has 7 nitrogen and oxygen atoms in total. The molecule has 0 aliphatic carbocycles. The number of rotatable bonds is 4. The second-order valence-electron chi connectivity index (χ2n) is 3.74. The van der Waals surface area contributed by atoms with Gasteiger partial charge in [-0.05, 0) is 17.7 Å². The van der Waals surface area contributed by atoms with Crippen molar-refractivity contribution in [3.63, 3.8) is 0 Å². The first-order chi connectivity index (χ1) is 8.54. The van der Waals surface area contributed by atoms with E-state index in [0.717, 1.165) is 0 Å². The summed E-state index contributed by atoms with van der Waals surface area (Å²) in [6.07, 6.45) is -2.92. The molecule has 1 aliphatic heterocycles. The Morgan fingerprint density at radius 3 is 2.50 bits per heavy atom. The zero-order chi connectivity index (χ0) is 13.3. The first-order valence-corrected chi connectivity index (χ1v) is 5.08. The summed E-state index contributed by atoms with van der Waals surface area (Å²) in [6, 6.07) is 2.70. The molecule has 1 amide bonds. The van der Waals surface area contributed by atoms with Crippen LogP contribution < -0.4 is 15.2 Å². The smallest absolute Gasteiger partial charge is 0.249 e. The summed E-state index contributed by atoms with van der Waals surface area (Å²) in [5.74, 6) is -0.398. The van der Waals surface area contributed by atoms with Crippen molar-refractivity contribution in [3.05, 3.63) is 23.3 Å². The van der Waals surface area contributed by atoms with Crippen molar-refractivity contribution >= 4 is 12.2 Å². The number of aliphatic hydroxyl groups is 2. The Balaban J connectivity index is 2.43. The molecule has 0 saturated carbocycles. The summed E-state index contributed by atoms with van der Waals surface area (Å²) in [5.41, 5.74) is 5.03. The van der Waals surface area contributed by atoms with E-state index in [0.29, 0.717) is 17.8 Å². The Morgan fingerprint density at radius 2 is 1.94 bits per heavy atom. The lowest BCUT2D eigenvalue weighted by Gasteiger charge is -2.17. The number of benzene rings is 1. The van der Waals surface area contributed by atoms with Gasteiger partial charge < -0.3 is 25.4 Å². The maximum atomic E-state index is 10.9. The zero-order valence-corrected chi connectivity index (χ0v) is 9.20. The normalized spacial score (nSPS) is 16.1. The molecule has 0 saturated heterocycles. The number of aldehydes is 1. The van der Waals surface area contributed by atoms with Crippen LogP contribution in [0.3, 0.4) is 0 Å². The molecular formula is C11H11NO6. The number of aliphatic hydroxyl groups excluding tert-OH is 2.